The van der Waals surface area contributed by atoms with E-state index in [9.17, 15) is 24.3 Å². The number of hydrogen-bond acceptors (Lipinski definition) is 9. The van der Waals surface area contributed by atoms with Gasteiger partial charge in [0.2, 0.25) is 5.91 Å². The normalized spacial score (nSPS) is 17.0. The van der Waals surface area contributed by atoms with E-state index in [4.69, 9.17) is 21.1 Å². The van der Waals surface area contributed by atoms with Gasteiger partial charge >= 0.3 is 12.1 Å². The first kappa shape index (κ1) is 42.0. The van der Waals surface area contributed by atoms with Crippen molar-refractivity contribution in [1.82, 2.24) is 20.0 Å². The number of carbonyl (C=O) groups is 4. The van der Waals surface area contributed by atoms with E-state index in [0.29, 0.717) is 77.6 Å². The lowest BCUT2D eigenvalue weighted by Crippen LogP contribution is -2.56. The number of aryl methyl sites for hydroxylation is 1. The Labute approximate surface area is 337 Å². The molecule has 14 heteroatoms. The van der Waals surface area contributed by atoms with E-state index in [-0.39, 0.29) is 29.4 Å². The lowest BCUT2D eigenvalue weighted by molar-refractivity contribution is -0.143. The average molecular weight is 802 g/mol. The van der Waals surface area contributed by atoms with Crippen LogP contribution in [0.5, 0.6) is 5.75 Å². The summed E-state index contributed by atoms with van der Waals surface area (Å²) in [5, 5.41) is 20.8. The summed E-state index contributed by atoms with van der Waals surface area (Å²) >= 11 is 7.68. The monoisotopic (exact) mass is 801 g/mol. The third-order valence-corrected chi connectivity index (χ3v) is 10.5. The van der Waals surface area contributed by atoms with Crippen molar-refractivity contribution in [1.29, 1.82) is 0 Å². The van der Waals surface area contributed by atoms with Gasteiger partial charge in [-0.05, 0) is 108 Å². The van der Waals surface area contributed by atoms with Crippen LogP contribution in [-0.2, 0) is 30.9 Å². The lowest BCUT2D eigenvalue weighted by atomic mass is 9.96. The Hall–Kier alpha value is -5.19. The minimum absolute atomic E-state index is 0.0375. The zero-order valence-electron chi connectivity index (χ0n) is 32.3. The van der Waals surface area contributed by atoms with Gasteiger partial charge in [0, 0.05) is 47.3 Å². The molecule has 1 aromatic heterocycles. The summed E-state index contributed by atoms with van der Waals surface area (Å²) in [5.41, 5.74) is 2.70. The van der Waals surface area contributed by atoms with Crippen molar-refractivity contribution in [2.45, 2.75) is 89.3 Å². The van der Waals surface area contributed by atoms with Crippen LogP contribution in [0.25, 0.3) is 11.3 Å². The fourth-order valence-electron chi connectivity index (χ4n) is 6.33. The molecule has 0 bridgehead atoms. The molecule has 0 saturated carbocycles. The number of carbonyl (C=O) groups excluding carboxylic acids is 4. The summed E-state index contributed by atoms with van der Waals surface area (Å²) in [6.45, 7) is 7.33. The second-order valence-electron chi connectivity index (χ2n) is 14.4. The molecule has 56 heavy (non-hydrogen) atoms. The van der Waals surface area contributed by atoms with Crippen molar-refractivity contribution < 1.29 is 33.8 Å². The van der Waals surface area contributed by atoms with Crippen LogP contribution in [-0.4, -0.2) is 79.1 Å². The number of hydrogen-bond donors (Lipinski definition) is 3. The highest BCUT2D eigenvalue weighted by Crippen LogP contribution is 2.36. The number of halogens is 1. The summed E-state index contributed by atoms with van der Waals surface area (Å²) < 4.78 is 12.2. The van der Waals surface area contributed by atoms with Gasteiger partial charge in [0.15, 0.2) is 0 Å². The number of nitrogens with one attached hydrogen (secondary N) is 2. The highest BCUT2D eigenvalue weighted by atomic mass is 35.5. The van der Waals surface area contributed by atoms with E-state index in [1.165, 1.54) is 17.8 Å². The Morgan fingerprint density at radius 2 is 1.88 bits per heavy atom. The summed E-state index contributed by atoms with van der Waals surface area (Å²) in [4.78, 5) is 55.2. The molecular weight excluding hydrogens is 754 g/mol. The van der Waals surface area contributed by atoms with Crippen LogP contribution >= 0.6 is 23.4 Å². The van der Waals surface area contributed by atoms with Crippen LogP contribution < -0.4 is 10.6 Å². The summed E-state index contributed by atoms with van der Waals surface area (Å²) in [6.07, 6.45) is 9.99. The Balaban J connectivity index is 1.34. The largest absolute Gasteiger partial charge is 0.507 e. The molecule has 2 aromatic carbocycles. The molecule has 0 spiro atoms. The Morgan fingerprint density at radius 1 is 1.11 bits per heavy atom. The van der Waals surface area contributed by atoms with Crippen LogP contribution in [0.15, 0.2) is 72.5 Å². The zero-order valence-corrected chi connectivity index (χ0v) is 33.8. The van der Waals surface area contributed by atoms with Crippen LogP contribution in [0, 0.1) is 11.8 Å². The van der Waals surface area contributed by atoms with E-state index in [1.807, 2.05) is 18.2 Å². The first-order valence-corrected chi connectivity index (χ1v) is 20.0. The van der Waals surface area contributed by atoms with Gasteiger partial charge in [-0.25, -0.2) is 4.79 Å². The highest BCUT2D eigenvalue weighted by molar-refractivity contribution is 8.00. The molecule has 1 unspecified atom stereocenters. The van der Waals surface area contributed by atoms with Gasteiger partial charge in [-0.2, -0.15) is 5.10 Å². The maximum Gasteiger partial charge on any atom is 0.408 e. The number of esters is 1. The molecule has 2 aliphatic rings. The molecule has 1 fully saturated rings. The smallest absolute Gasteiger partial charge is 0.408 e. The molecule has 1 saturated heterocycles. The van der Waals surface area contributed by atoms with Gasteiger partial charge in [0.05, 0.1) is 17.5 Å². The van der Waals surface area contributed by atoms with Crippen LogP contribution in [0.3, 0.4) is 0 Å². The van der Waals surface area contributed by atoms with Gasteiger partial charge in [-0.15, -0.1) is 11.8 Å². The number of allylic oxidation sites excluding steroid dienone is 3. The highest BCUT2D eigenvalue weighted by Gasteiger charge is 2.44. The first-order chi connectivity index (χ1) is 26.7. The SMILES string of the molecule is CCOC(=O)CCCCC1SC[C@@H](C(=O)Nc2ccc(C#Cc3cn(C)nc3-c3cc(Cl)ccc3O)cc2)N1C(=O)[C@H](NC(=O)OC(C)(C)C)C1=CC=CCC1. The van der Waals surface area contributed by atoms with Crippen LogP contribution in [0.1, 0.15) is 77.3 Å². The molecule has 5 rings (SSSR count). The fraction of sp³-hybridized carbons (Fsp3) is 0.405. The van der Waals surface area contributed by atoms with Crippen LogP contribution in [0.4, 0.5) is 10.5 Å². The van der Waals surface area contributed by atoms with Crippen LogP contribution in [0.2, 0.25) is 5.02 Å². The number of nitrogens with zero attached hydrogens (tertiary/aromatic N) is 3. The van der Waals surface area contributed by atoms with E-state index >= 15 is 0 Å². The maximum absolute atomic E-state index is 14.6. The van der Waals surface area contributed by atoms with Crippen molar-refractivity contribution in [2.24, 2.45) is 7.05 Å². The number of thioether (sulfide) groups is 1. The molecule has 1 aliphatic heterocycles. The van der Waals surface area contributed by atoms with Gasteiger partial charge in [0.1, 0.15) is 29.1 Å². The predicted octanol–water partition coefficient (Wildman–Crippen LogP) is 7.35. The second-order valence-corrected chi connectivity index (χ2v) is 16.1. The number of benzene rings is 2. The molecule has 2 heterocycles. The topological polar surface area (TPSA) is 152 Å². The summed E-state index contributed by atoms with van der Waals surface area (Å²) in [5.74, 6) is 5.59. The molecule has 1 aliphatic carbocycles. The molecule has 12 nitrogen and oxygen atoms in total. The average Bonchev–Trinajstić information content (AvgIpc) is 3.75. The standard InChI is InChI=1S/C42H48ClN5O7S/c1-6-54-36(50)15-11-10-14-35-48(40(52)38(28-12-8-7-9-13-28)45-41(53)55-42(2,3)4)33(26-56-35)39(51)44-31-21-17-27(18-22-31)16-19-29-25-47(5)46-37(29)32-24-30(43)20-23-34(32)49/h7-8,12,17-18,20-25,33,35,38,49H,6,9-11,13-15,26H2,1-5H3,(H,44,51)(H,45,53)/t33-,35?,38+/m0/s1. The Morgan fingerprint density at radius 3 is 2.57 bits per heavy atom. The van der Waals surface area contributed by atoms with Gasteiger partial charge < -0.3 is 30.1 Å². The number of amides is 3. The number of alkyl carbamates (subject to hydrolysis) is 1. The maximum atomic E-state index is 14.6. The molecule has 3 atom stereocenters. The zero-order chi connectivity index (χ0) is 40.4. The number of rotatable bonds is 12. The summed E-state index contributed by atoms with van der Waals surface area (Å²) in [7, 11) is 1.77. The minimum Gasteiger partial charge on any atom is -0.507 e. The predicted molar refractivity (Wildman–Crippen MR) is 218 cm³/mol. The quantitative estimate of drug-likeness (QED) is 0.0970. The van der Waals surface area contributed by atoms with Gasteiger partial charge in [-0.1, -0.05) is 41.7 Å². The number of phenols is 1. The van der Waals surface area contributed by atoms with Crippen molar-refractivity contribution in [3.63, 3.8) is 0 Å². The Kier molecular flexibility index (Phi) is 14.3. The number of phenolic OH excluding ortho intramolecular Hbond substituents is 1. The third kappa shape index (κ3) is 11.4. The van der Waals surface area contributed by atoms with Crippen molar-refractivity contribution in [2.75, 3.05) is 17.7 Å². The second kappa shape index (κ2) is 19.1. The molecule has 3 N–H and O–H groups in total. The van der Waals surface area contributed by atoms with E-state index in [2.05, 4.69) is 27.6 Å². The first-order valence-electron chi connectivity index (χ1n) is 18.6. The van der Waals surface area contributed by atoms with Crippen molar-refractivity contribution in [3.8, 4) is 28.8 Å². The lowest BCUT2D eigenvalue weighted by Gasteiger charge is -2.34. The molecule has 0 radical (unpaired) electrons. The number of aromatic nitrogens is 2. The van der Waals surface area contributed by atoms with Gasteiger partial charge in [-0.3, -0.25) is 19.1 Å². The minimum atomic E-state index is -1.04. The van der Waals surface area contributed by atoms with E-state index < -0.39 is 29.7 Å². The molecule has 296 valence electrons. The number of anilines is 1. The Bertz CT molecular complexity index is 2040. The fourth-order valence-corrected chi connectivity index (χ4v) is 7.97. The number of ether oxygens (including phenoxy) is 2. The molecule has 3 aromatic rings. The summed E-state index contributed by atoms with van der Waals surface area (Å²) in [6, 6.07) is 9.90. The molecule has 3 amide bonds. The number of aromatic hydroxyl groups is 1. The van der Waals surface area contributed by atoms with Gasteiger partial charge in [0.25, 0.3) is 5.91 Å². The van der Waals surface area contributed by atoms with Crippen molar-refractivity contribution >= 4 is 52.9 Å². The van der Waals surface area contributed by atoms with E-state index in [0.717, 1.165) is 5.57 Å². The number of unbranched alkanes of at least 4 members (excludes halogenated alkanes) is 1. The molecular formula is C42H48ClN5O7S. The van der Waals surface area contributed by atoms with Crippen molar-refractivity contribution in [3.05, 3.63) is 88.6 Å². The third-order valence-electron chi connectivity index (χ3n) is 8.90. The van der Waals surface area contributed by atoms with E-state index in [1.54, 1.807) is 86.9 Å².